The number of rotatable bonds is 6. The van der Waals surface area contributed by atoms with Crippen molar-refractivity contribution in [3.8, 4) is 11.5 Å². The van der Waals surface area contributed by atoms with Crippen molar-refractivity contribution >= 4 is 17.5 Å². The molecule has 0 fully saturated rings. The van der Waals surface area contributed by atoms with Crippen molar-refractivity contribution in [2.75, 3.05) is 19.5 Å². The van der Waals surface area contributed by atoms with Crippen LogP contribution in [0.2, 0.25) is 0 Å². The maximum Gasteiger partial charge on any atom is 0.274 e. The van der Waals surface area contributed by atoms with Crippen LogP contribution in [-0.2, 0) is 0 Å². The van der Waals surface area contributed by atoms with Crippen LogP contribution in [0.4, 0.5) is 5.69 Å². The van der Waals surface area contributed by atoms with Crippen molar-refractivity contribution in [3.63, 3.8) is 0 Å². The number of hydrogen-bond acceptors (Lipinski definition) is 5. The average molecular weight is 343 g/mol. The van der Waals surface area contributed by atoms with E-state index < -0.39 is 5.91 Å². The molecule has 0 unspecified atom stereocenters. The molecule has 132 valence electrons. The third kappa shape index (κ3) is 4.69. The molecule has 1 heterocycles. The quantitative estimate of drug-likeness (QED) is 0.841. The molecule has 0 aliphatic carbocycles. The van der Waals surface area contributed by atoms with E-state index >= 15 is 0 Å². The first-order valence-corrected chi connectivity index (χ1v) is 7.75. The summed E-state index contributed by atoms with van der Waals surface area (Å²) >= 11 is 0. The molecule has 2 aromatic rings. The number of pyridine rings is 1. The second kappa shape index (κ2) is 8.14. The Kier molecular flexibility index (Phi) is 5.94. The maximum absolute atomic E-state index is 12.4. The minimum absolute atomic E-state index is 0.00139. The van der Waals surface area contributed by atoms with Crippen molar-refractivity contribution in [1.29, 1.82) is 0 Å². The average Bonchev–Trinajstić information content (AvgIpc) is 2.61. The minimum atomic E-state index is -0.442. The minimum Gasteiger partial charge on any atom is -0.497 e. The van der Waals surface area contributed by atoms with Crippen molar-refractivity contribution in [2.24, 2.45) is 0 Å². The molecule has 0 spiro atoms. The van der Waals surface area contributed by atoms with Gasteiger partial charge in [-0.1, -0.05) is 0 Å². The highest BCUT2D eigenvalue weighted by Gasteiger charge is 2.14. The van der Waals surface area contributed by atoms with Crippen LogP contribution in [0.15, 0.2) is 36.5 Å². The highest BCUT2D eigenvalue weighted by molar-refractivity contribution is 6.05. The van der Waals surface area contributed by atoms with Gasteiger partial charge in [0, 0.05) is 23.9 Å². The molecule has 1 aromatic carbocycles. The molecule has 25 heavy (non-hydrogen) atoms. The number of nitrogens with zero attached hydrogens (tertiary/aromatic N) is 1. The lowest BCUT2D eigenvalue weighted by Crippen LogP contribution is -2.30. The fourth-order valence-electron chi connectivity index (χ4n) is 2.13. The Morgan fingerprint density at radius 2 is 1.80 bits per heavy atom. The number of carbonyl (C=O) groups excluding carboxylic acids is 2. The number of hydrogen-bond donors (Lipinski definition) is 2. The van der Waals surface area contributed by atoms with Gasteiger partial charge in [-0.2, -0.15) is 0 Å². The zero-order valence-electron chi connectivity index (χ0n) is 14.6. The summed E-state index contributed by atoms with van der Waals surface area (Å²) in [5.74, 6) is 0.373. The molecule has 7 nitrogen and oxygen atoms in total. The van der Waals surface area contributed by atoms with Crippen LogP contribution in [0, 0.1) is 0 Å². The topological polar surface area (TPSA) is 89.5 Å². The standard InChI is InChI=1S/C18H21N3O4/c1-11(2)20-17(22)12-7-8-19-15(9-12)18(23)21-14-6-5-13(24-3)10-16(14)25-4/h5-11H,1-4H3,(H,20,22)(H,21,23). The number of amides is 2. The van der Waals surface area contributed by atoms with Crippen LogP contribution in [0.5, 0.6) is 11.5 Å². The molecule has 0 saturated carbocycles. The van der Waals surface area contributed by atoms with Crippen LogP contribution in [-0.4, -0.2) is 37.1 Å². The lowest BCUT2D eigenvalue weighted by molar-refractivity contribution is 0.0943. The number of aromatic nitrogens is 1. The van der Waals surface area contributed by atoms with Gasteiger partial charge in [-0.25, -0.2) is 0 Å². The summed E-state index contributed by atoms with van der Waals surface area (Å²) in [6, 6.07) is 8.05. The van der Waals surface area contributed by atoms with E-state index in [9.17, 15) is 9.59 Å². The number of benzene rings is 1. The monoisotopic (exact) mass is 343 g/mol. The van der Waals surface area contributed by atoms with Gasteiger partial charge in [0.05, 0.1) is 19.9 Å². The summed E-state index contributed by atoms with van der Waals surface area (Å²) in [5, 5.41) is 5.50. The Labute approximate surface area is 146 Å². The molecule has 0 atom stereocenters. The fraction of sp³-hybridized carbons (Fsp3) is 0.278. The summed E-state index contributed by atoms with van der Waals surface area (Å²) in [4.78, 5) is 28.5. The summed E-state index contributed by atoms with van der Waals surface area (Å²) in [7, 11) is 3.05. The van der Waals surface area contributed by atoms with Crippen LogP contribution in [0.3, 0.4) is 0 Å². The molecule has 2 rings (SSSR count). The van der Waals surface area contributed by atoms with E-state index in [4.69, 9.17) is 9.47 Å². The normalized spacial score (nSPS) is 10.3. The molecule has 0 saturated heterocycles. The van der Waals surface area contributed by atoms with Gasteiger partial charge in [-0.3, -0.25) is 14.6 Å². The summed E-state index contributed by atoms with van der Waals surface area (Å²) in [6.45, 7) is 3.73. The number of methoxy groups -OCH3 is 2. The Bertz CT molecular complexity index is 775. The number of anilines is 1. The van der Waals surface area contributed by atoms with Crippen molar-refractivity contribution < 1.29 is 19.1 Å². The first-order valence-electron chi connectivity index (χ1n) is 7.75. The Hall–Kier alpha value is -3.09. The van der Waals surface area contributed by atoms with E-state index in [1.165, 1.54) is 19.4 Å². The second-order valence-electron chi connectivity index (χ2n) is 5.58. The van der Waals surface area contributed by atoms with E-state index in [-0.39, 0.29) is 17.6 Å². The summed E-state index contributed by atoms with van der Waals surface area (Å²) in [6.07, 6.45) is 1.43. The SMILES string of the molecule is COc1ccc(NC(=O)c2cc(C(=O)NC(C)C)ccn2)c(OC)c1. The van der Waals surface area contributed by atoms with Gasteiger partial charge in [-0.05, 0) is 38.1 Å². The van der Waals surface area contributed by atoms with E-state index in [1.54, 1.807) is 31.4 Å². The predicted molar refractivity (Wildman–Crippen MR) is 94.3 cm³/mol. The van der Waals surface area contributed by atoms with Crippen molar-refractivity contribution in [3.05, 3.63) is 47.8 Å². The van der Waals surface area contributed by atoms with Gasteiger partial charge in [0.15, 0.2) is 0 Å². The van der Waals surface area contributed by atoms with Gasteiger partial charge < -0.3 is 20.1 Å². The highest BCUT2D eigenvalue weighted by atomic mass is 16.5. The summed E-state index contributed by atoms with van der Waals surface area (Å²) in [5.41, 5.74) is 0.983. The molecular weight excluding hydrogens is 322 g/mol. The van der Waals surface area contributed by atoms with Gasteiger partial charge in [0.1, 0.15) is 17.2 Å². The van der Waals surface area contributed by atoms with E-state index in [1.807, 2.05) is 13.8 Å². The molecule has 2 N–H and O–H groups in total. The van der Waals surface area contributed by atoms with Crippen LogP contribution in [0.1, 0.15) is 34.7 Å². The lowest BCUT2D eigenvalue weighted by atomic mass is 10.2. The summed E-state index contributed by atoms with van der Waals surface area (Å²) < 4.78 is 10.4. The highest BCUT2D eigenvalue weighted by Crippen LogP contribution is 2.29. The van der Waals surface area contributed by atoms with Crippen LogP contribution < -0.4 is 20.1 Å². The molecule has 2 amide bonds. The third-order valence-electron chi connectivity index (χ3n) is 3.33. The Morgan fingerprint density at radius 3 is 2.44 bits per heavy atom. The molecule has 7 heteroatoms. The molecule has 0 aliphatic heterocycles. The predicted octanol–water partition coefficient (Wildman–Crippen LogP) is 2.49. The third-order valence-corrected chi connectivity index (χ3v) is 3.33. The lowest BCUT2D eigenvalue weighted by Gasteiger charge is -2.12. The molecule has 0 radical (unpaired) electrons. The molecule has 0 bridgehead atoms. The zero-order chi connectivity index (χ0) is 18.4. The van der Waals surface area contributed by atoms with Gasteiger partial charge in [0.2, 0.25) is 0 Å². The van der Waals surface area contributed by atoms with Crippen LogP contribution >= 0.6 is 0 Å². The van der Waals surface area contributed by atoms with Gasteiger partial charge >= 0.3 is 0 Å². The number of ether oxygens (including phenoxy) is 2. The first-order chi connectivity index (χ1) is 11.9. The Balaban J connectivity index is 2.20. The fourth-order valence-corrected chi connectivity index (χ4v) is 2.13. The zero-order valence-corrected chi connectivity index (χ0v) is 14.6. The van der Waals surface area contributed by atoms with Gasteiger partial charge in [-0.15, -0.1) is 0 Å². The molecule has 1 aromatic heterocycles. The smallest absolute Gasteiger partial charge is 0.274 e. The Morgan fingerprint density at radius 1 is 1.04 bits per heavy atom. The van der Waals surface area contributed by atoms with Gasteiger partial charge in [0.25, 0.3) is 11.8 Å². The molecule has 0 aliphatic rings. The second-order valence-corrected chi connectivity index (χ2v) is 5.58. The largest absolute Gasteiger partial charge is 0.497 e. The van der Waals surface area contributed by atoms with Crippen molar-refractivity contribution in [1.82, 2.24) is 10.3 Å². The maximum atomic E-state index is 12.4. The molecular formula is C18H21N3O4. The van der Waals surface area contributed by atoms with E-state index in [0.29, 0.717) is 22.7 Å². The number of carbonyl (C=O) groups is 2. The first kappa shape index (κ1) is 18.3. The van der Waals surface area contributed by atoms with E-state index in [0.717, 1.165) is 0 Å². The van der Waals surface area contributed by atoms with Crippen LogP contribution in [0.25, 0.3) is 0 Å². The number of nitrogens with one attached hydrogen (secondary N) is 2. The van der Waals surface area contributed by atoms with Crippen molar-refractivity contribution in [2.45, 2.75) is 19.9 Å². The van der Waals surface area contributed by atoms with E-state index in [2.05, 4.69) is 15.6 Å².